The highest BCUT2D eigenvalue weighted by atomic mass is 35.5. The number of anilines is 1. The minimum absolute atomic E-state index is 0.327. The Balaban J connectivity index is 2.29. The van der Waals surface area contributed by atoms with Crippen molar-refractivity contribution in [2.24, 2.45) is 0 Å². The molecule has 0 atom stereocenters. The first-order chi connectivity index (χ1) is 8.16. The number of hydrogen-bond acceptors (Lipinski definition) is 3. The topological polar surface area (TPSA) is 51.8 Å². The van der Waals surface area contributed by atoms with E-state index >= 15 is 0 Å². The molecule has 1 aromatic carbocycles. The lowest BCUT2D eigenvalue weighted by molar-refractivity contribution is 0.625. The van der Waals surface area contributed by atoms with Gasteiger partial charge in [-0.3, -0.25) is 4.98 Å². The molecule has 0 aliphatic carbocycles. The monoisotopic (exact) mass is 249 g/mol. The molecule has 0 amide bonds. The molecule has 1 heterocycles. The zero-order valence-electron chi connectivity index (χ0n) is 8.77. The molecular formula is C12H9ClFN3. The summed E-state index contributed by atoms with van der Waals surface area (Å²) in [6.07, 6.45) is 6.11. The van der Waals surface area contributed by atoms with Crippen molar-refractivity contribution < 1.29 is 4.39 Å². The van der Waals surface area contributed by atoms with Gasteiger partial charge in [0.2, 0.25) is 0 Å². The Labute approximate surface area is 103 Å². The Morgan fingerprint density at radius 1 is 1.18 bits per heavy atom. The normalized spacial score (nSPS) is 10.9. The summed E-state index contributed by atoms with van der Waals surface area (Å²) in [5.74, 6) is -0.0387. The van der Waals surface area contributed by atoms with Crippen molar-refractivity contribution in [2.75, 3.05) is 5.73 Å². The van der Waals surface area contributed by atoms with Crippen LogP contribution in [0.15, 0.2) is 30.6 Å². The maximum atomic E-state index is 13.4. The lowest BCUT2D eigenvalue weighted by Crippen LogP contribution is -1.91. The molecule has 0 aliphatic rings. The van der Waals surface area contributed by atoms with Crippen LogP contribution in [0.3, 0.4) is 0 Å². The quantitative estimate of drug-likeness (QED) is 0.890. The van der Waals surface area contributed by atoms with E-state index in [-0.39, 0.29) is 5.82 Å². The highest BCUT2D eigenvalue weighted by Gasteiger charge is 2.02. The average molecular weight is 250 g/mol. The summed E-state index contributed by atoms with van der Waals surface area (Å²) in [6.45, 7) is 0. The van der Waals surface area contributed by atoms with Crippen LogP contribution in [0, 0.1) is 5.82 Å². The third kappa shape index (κ3) is 2.79. The largest absolute Gasteiger partial charge is 0.382 e. The van der Waals surface area contributed by atoms with Crippen LogP contribution in [0.1, 0.15) is 11.3 Å². The molecule has 17 heavy (non-hydrogen) atoms. The predicted octanol–water partition coefficient (Wildman–Crippen LogP) is 3.02. The third-order valence-corrected chi connectivity index (χ3v) is 2.44. The summed E-state index contributed by atoms with van der Waals surface area (Å²) in [4.78, 5) is 7.89. The van der Waals surface area contributed by atoms with Gasteiger partial charge in [-0.15, -0.1) is 0 Å². The van der Waals surface area contributed by atoms with E-state index in [0.29, 0.717) is 22.1 Å². The van der Waals surface area contributed by atoms with Gasteiger partial charge in [0.15, 0.2) is 0 Å². The molecule has 0 aliphatic heterocycles. The minimum Gasteiger partial charge on any atom is -0.382 e. The van der Waals surface area contributed by atoms with Crippen LogP contribution in [0.5, 0.6) is 0 Å². The number of nitrogens with two attached hydrogens (primary N) is 1. The number of hydrogen-bond donors (Lipinski definition) is 1. The molecule has 3 nitrogen and oxygen atoms in total. The van der Waals surface area contributed by atoms with E-state index < -0.39 is 0 Å². The van der Waals surface area contributed by atoms with E-state index in [1.54, 1.807) is 24.3 Å². The smallest absolute Gasteiger partial charge is 0.141 e. The Morgan fingerprint density at radius 3 is 2.65 bits per heavy atom. The van der Waals surface area contributed by atoms with Crippen LogP contribution >= 0.6 is 11.6 Å². The number of nitrogen functional groups attached to an aromatic ring is 1. The van der Waals surface area contributed by atoms with Gasteiger partial charge in [0.1, 0.15) is 11.6 Å². The van der Waals surface area contributed by atoms with Crippen LogP contribution in [-0.4, -0.2) is 9.97 Å². The maximum absolute atomic E-state index is 13.4. The number of aromatic nitrogens is 2. The lowest BCUT2D eigenvalue weighted by Gasteiger charge is -1.99. The van der Waals surface area contributed by atoms with Crippen molar-refractivity contribution >= 4 is 29.6 Å². The fourth-order valence-electron chi connectivity index (χ4n) is 1.27. The second kappa shape index (κ2) is 4.93. The van der Waals surface area contributed by atoms with Gasteiger partial charge in [-0.25, -0.2) is 9.37 Å². The third-order valence-electron chi connectivity index (χ3n) is 2.11. The predicted molar refractivity (Wildman–Crippen MR) is 66.8 cm³/mol. The molecule has 0 bridgehead atoms. The molecule has 1 aromatic heterocycles. The Bertz CT molecular complexity index is 532. The summed E-state index contributed by atoms with van der Waals surface area (Å²) in [6, 6.07) is 4.53. The fourth-order valence-corrected chi connectivity index (χ4v) is 1.50. The molecule has 0 radical (unpaired) electrons. The van der Waals surface area contributed by atoms with Crippen molar-refractivity contribution in [3.63, 3.8) is 0 Å². The molecule has 2 N–H and O–H groups in total. The molecule has 2 aromatic rings. The van der Waals surface area contributed by atoms with E-state index in [2.05, 4.69) is 9.97 Å². The van der Waals surface area contributed by atoms with Gasteiger partial charge in [-0.1, -0.05) is 17.7 Å². The number of benzene rings is 1. The van der Waals surface area contributed by atoms with E-state index in [1.165, 1.54) is 18.5 Å². The molecule has 0 unspecified atom stereocenters. The van der Waals surface area contributed by atoms with Gasteiger partial charge in [-0.2, -0.15) is 0 Å². The molecule has 0 spiro atoms. The molecular weight excluding hydrogens is 241 g/mol. The van der Waals surface area contributed by atoms with Crippen molar-refractivity contribution in [1.29, 1.82) is 0 Å². The van der Waals surface area contributed by atoms with Gasteiger partial charge in [0.25, 0.3) is 0 Å². The zero-order chi connectivity index (χ0) is 12.3. The summed E-state index contributed by atoms with van der Waals surface area (Å²) < 4.78 is 13.4. The highest BCUT2D eigenvalue weighted by Crippen LogP contribution is 2.21. The first-order valence-corrected chi connectivity index (χ1v) is 5.24. The summed E-state index contributed by atoms with van der Waals surface area (Å²) >= 11 is 5.87. The van der Waals surface area contributed by atoms with Crippen LogP contribution in [-0.2, 0) is 0 Å². The Kier molecular flexibility index (Phi) is 3.35. The molecule has 0 saturated carbocycles. The summed E-state index contributed by atoms with van der Waals surface area (Å²) in [7, 11) is 0. The summed E-state index contributed by atoms with van der Waals surface area (Å²) in [5.41, 5.74) is 6.31. The van der Waals surface area contributed by atoms with Gasteiger partial charge < -0.3 is 5.73 Å². The molecule has 0 fully saturated rings. The Hall–Kier alpha value is -1.94. The van der Waals surface area contributed by atoms with Gasteiger partial charge in [0.05, 0.1) is 23.1 Å². The lowest BCUT2D eigenvalue weighted by atomic mass is 10.2. The van der Waals surface area contributed by atoms with Crippen molar-refractivity contribution in [1.82, 2.24) is 9.97 Å². The zero-order valence-corrected chi connectivity index (χ0v) is 9.53. The average Bonchev–Trinajstić information content (AvgIpc) is 2.31. The van der Waals surface area contributed by atoms with Crippen molar-refractivity contribution in [3.8, 4) is 0 Å². The molecule has 86 valence electrons. The van der Waals surface area contributed by atoms with Crippen molar-refractivity contribution in [3.05, 3.63) is 52.7 Å². The van der Waals surface area contributed by atoms with Crippen LogP contribution in [0.25, 0.3) is 12.2 Å². The molecule has 5 heteroatoms. The molecule has 0 saturated heterocycles. The van der Waals surface area contributed by atoms with Crippen LogP contribution in [0.4, 0.5) is 10.2 Å². The number of rotatable bonds is 2. The highest BCUT2D eigenvalue weighted by molar-refractivity contribution is 6.32. The van der Waals surface area contributed by atoms with E-state index in [0.717, 1.165) is 0 Å². The van der Waals surface area contributed by atoms with Crippen LogP contribution in [0.2, 0.25) is 5.02 Å². The fraction of sp³-hybridized carbons (Fsp3) is 0. The van der Waals surface area contributed by atoms with Crippen molar-refractivity contribution in [2.45, 2.75) is 0 Å². The minimum atomic E-state index is -0.378. The second-order valence-electron chi connectivity index (χ2n) is 3.33. The van der Waals surface area contributed by atoms with E-state index in [4.69, 9.17) is 17.3 Å². The number of nitrogens with zero attached hydrogens (tertiary/aromatic N) is 2. The van der Waals surface area contributed by atoms with Gasteiger partial charge in [-0.05, 0) is 24.3 Å². The van der Waals surface area contributed by atoms with E-state index in [1.807, 2.05) is 0 Å². The Morgan fingerprint density at radius 2 is 2.00 bits per heavy atom. The summed E-state index contributed by atoms with van der Waals surface area (Å²) in [5, 5.41) is 0.352. The van der Waals surface area contributed by atoms with Crippen LogP contribution < -0.4 is 5.73 Å². The first kappa shape index (κ1) is 11.5. The van der Waals surface area contributed by atoms with Gasteiger partial charge in [0, 0.05) is 5.56 Å². The maximum Gasteiger partial charge on any atom is 0.141 e. The number of halogens is 2. The first-order valence-electron chi connectivity index (χ1n) is 4.86. The SMILES string of the molecule is Nc1cnc(/C=C/c2c(F)cccc2Cl)cn1. The van der Waals surface area contributed by atoms with Gasteiger partial charge >= 0.3 is 0 Å². The standard InChI is InChI=1S/C12H9ClFN3/c13-10-2-1-3-11(14)9(10)5-4-8-6-17-12(15)7-16-8/h1-7H,(H2,15,17)/b5-4+. The van der Waals surface area contributed by atoms with E-state index in [9.17, 15) is 4.39 Å². The molecule has 2 rings (SSSR count). The second-order valence-corrected chi connectivity index (χ2v) is 3.74.